The van der Waals surface area contributed by atoms with Gasteiger partial charge >= 0.3 is 0 Å². The summed E-state index contributed by atoms with van der Waals surface area (Å²) in [6, 6.07) is 8.70. The predicted molar refractivity (Wildman–Crippen MR) is 116 cm³/mol. The molecule has 0 radical (unpaired) electrons. The maximum absolute atomic E-state index is 10.7. The summed E-state index contributed by atoms with van der Waals surface area (Å²) in [5.74, 6) is 0.967. The Balaban J connectivity index is 1.45. The molecule has 0 unspecified atom stereocenters. The summed E-state index contributed by atoms with van der Waals surface area (Å²) in [6.07, 6.45) is 6.18. The molecule has 0 saturated carbocycles. The number of hydrogen-bond acceptors (Lipinski definition) is 10. The van der Waals surface area contributed by atoms with Gasteiger partial charge in [0.1, 0.15) is 23.0 Å². The number of aromatic amines is 1. The molecule has 12 heteroatoms. The summed E-state index contributed by atoms with van der Waals surface area (Å²) >= 11 is 1.35. The summed E-state index contributed by atoms with van der Waals surface area (Å²) in [7, 11) is 0. The number of nitro groups is 1. The summed E-state index contributed by atoms with van der Waals surface area (Å²) < 4.78 is 0. The van der Waals surface area contributed by atoms with Gasteiger partial charge in [0.25, 0.3) is 5.69 Å². The highest BCUT2D eigenvalue weighted by Gasteiger charge is 2.15. The van der Waals surface area contributed by atoms with E-state index in [4.69, 9.17) is 5.26 Å². The quantitative estimate of drug-likeness (QED) is 0.215. The maximum Gasteiger partial charge on any atom is 0.287 e. The smallest absolute Gasteiger partial charge is 0.287 e. The van der Waals surface area contributed by atoms with Crippen LogP contribution in [0.3, 0.4) is 0 Å². The molecule has 0 fully saturated rings. The molecular weight excluding hydrogens is 418 g/mol. The molecule has 4 aromatic rings. The second-order valence-electron chi connectivity index (χ2n) is 6.21. The van der Waals surface area contributed by atoms with Crippen LogP contribution in [0.25, 0.3) is 21.8 Å². The van der Waals surface area contributed by atoms with Crippen LogP contribution in [-0.4, -0.2) is 42.9 Å². The molecule has 11 nitrogen and oxygen atoms in total. The van der Waals surface area contributed by atoms with Gasteiger partial charge in [0.2, 0.25) is 5.95 Å². The van der Waals surface area contributed by atoms with E-state index in [0.29, 0.717) is 35.4 Å². The Morgan fingerprint density at radius 1 is 1.13 bits per heavy atom. The average Bonchev–Trinajstić information content (AvgIpc) is 3.49. The number of thiophene rings is 1. The predicted octanol–water partition coefficient (Wildman–Crippen LogP) is 3.29. The number of aromatic nitrogens is 5. The molecule has 0 aliphatic carbocycles. The van der Waals surface area contributed by atoms with Crippen LogP contribution in [0, 0.1) is 21.4 Å². The van der Waals surface area contributed by atoms with Gasteiger partial charge in [-0.05, 0) is 18.2 Å². The van der Waals surface area contributed by atoms with Gasteiger partial charge in [0.15, 0.2) is 0 Å². The zero-order chi connectivity index (χ0) is 21.6. The number of rotatable bonds is 8. The first-order valence-corrected chi connectivity index (χ1v) is 9.90. The van der Waals surface area contributed by atoms with Gasteiger partial charge in [-0.15, -0.1) is 11.3 Å². The average molecular weight is 433 g/mol. The normalized spacial score (nSPS) is 10.4. The lowest BCUT2D eigenvalue weighted by atomic mass is 10.1. The fourth-order valence-corrected chi connectivity index (χ4v) is 3.55. The minimum Gasteiger partial charge on any atom is -0.368 e. The number of imidazole rings is 1. The molecule has 154 valence electrons. The zero-order valence-corrected chi connectivity index (χ0v) is 16.8. The molecule has 0 bridgehead atoms. The van der Waals surface area contributed by atoms with Crippen molar-refractivity contribution in [2.75, 3.05) is 23.7 Å². The highest BCUT2D eigenvalue weighted by molar-refractivity contribution is 7.16. The molecular formula is C19H15N9O2S. The van der Waals surface area contributed by atoms with Crippen molar-refractivity contribution >= 4 is 28.8 Å². The number of nitrogens with one attached hydrogen (secondary N) is 3. The molecule has 0 aromatic carbocycles. The van der Waals surface area contributed by atoms with Crippen LogP contribution in [0.2, 0.25) is 0 Å². The Morgan fingerprint density at radius 2 is 2.00 bits per heavy atom. The van der Waals surface area contributed by atoms with Crippen molar-refractivity contribution in [1.82, 2.24) is 24.9 Å². The Hall–Kier alpha value is -4.37. The Bertz CT molecular complexity index is 1230. The standard InChI is InChI=1S/C19H15N9O2S/c20-7-13-2-3-16(31-13)18-14(15-10-21-11-26-15)9-25-19(27-18)23-6-5-22-17-4-1-12(8-24-17)28(29)30/h1-4,8-11H,5-6H2,(H,21,26)(H,22,24)(H,23,25,27). The first-order valence-electron chi connectivity index (χ1n) is 9.08. The molecule has 4 rings (SSSR count). The van der Waals surface area contributed by atoms with Gasteiger partial charge < -0.3 is 15.6 Å². The molecule has 31 heavy (non-hydrogen) atoms. The van der Waals surface area contributed by atoms with Crippen molar-refractivity contribution in [3.63, 3.8) is 0 Å². The van der Waals surface area contributed by atoms with Crippen molar-refractivity contribution in [3.05, 3.63) is 64.2 Å². The number of hydrogen-bond donors (Lipinski definition) is 3. The van der Waals surface area contributed by atoms with Gasteiger partial charge in [-0.2, -0.15) is 5.26 Å². The third kappa shape index (κ3) is 4.62. The van der Waals surface area contributed by atoms with Crippen LogP contribution in [0.15, 0.2) is 49.2 Å². The summed E-state index contributed by atoms with van der Waals surface area (Å²) in [6.45, 7) is 0.999. The Kier molecular flexibility index (Phi) is 5.77. The Morgan fingerprint density at radius 3 is 2.68 bits per heavy atom. The van der Waals surface area contributed by atoms with E-state index in [1.807, 2.05) is 6.07 Å². The fourth-order valence-electron chi connectivity index (χ4n) is 2.74. The van der Waals surface area contributed by atoms with Crippen molar-refractivity contribution in [2.45, 2.75) is 0 Å². The highest BCUT2D eigenvalue weighted by Crippen LogP contribution is 2.33. The Labute approximate surface area is 180 Å². The van der Waals surface area contributed by atoms with E-state index in [9.17, 15) is 10.1 Å². The van der Waals surface area contributed by atoms with E-state index in [1.54, 1.807) is 30.9 Å². The molecule has 0 amide bonds. The molecule has 0 aliphatic rings. The van der Waals surface area contributed by atoms with Crippen molar-refractivity contribution < 1.29 is 4.92 Å². The van der Waals surface area contributed by atoms with Gasteiger partial charge in [-0.3, -0.25) is 10.1 Å². The molecule has 0 spiro atoms. The molecule has 4 heterocycles. The maximum atomic E-state index is 10.7. The van der Waals surface area contributed by atoms with Crippen LogP contribution in [0.5, 0.6) is 0 Å². The minimum atomic E-state index is -0.493. The molecule has 0 atom stereocenters. The monoisotopic (exact) mass is 433 g/mol. The van der Waals surface area contributed by atoms with Gasteiger partial charge in [0, 0.05) is 30.9 Å². The van der Waals surface area contributed by atoms with E-state index < -0.39 is 4.92 Å². The fraction of sp³-hybridized carbons (Fsp3) is 0.105. The number of nitrogens with zero attached hydrogens (tertiary/aromatic N) is 6. The first kappa shape index (κ1) is 19.9. The van der Waals surface area contributed by atoms with Gasteiger partial charge in [-0.25, -0.2) is 19.9 Å². The third-order valence-electron chi connectivity index (χ3n) is 4.20. The number of H-pyrrole nitrogens is 1. The van der Waals surface area contributed by atoms with Crippen molar-refractivity contribution in [3.8, 4) is 27.9 Å². The van der Waals surface area contributed by atoms with Crippen LogP contribution in [0.1, 0.15) is 4.88 Å². The van der Waals surface area contributed by atoms with Crippen LogP contribution < -0.4 is 10.6 Å². The highest BCUT2D eigenvalue weighted by atomic mass is 32.1. The molecule has 3 N–H and O–H groups in total. The molecule has 4 aromatic heterocycles. The van der Waals surface area contributed by atoms with E-state index >= 15 is 0 Å². The van der Waals surface area contributed by atoms with Crippen LogP contribution in [0.4, 0.5) is 17.5 Å². The lowest BCUT2D eigenvalue weighted by Gasteiger charge is -2.10. The van der Waals surface area contributed by atoms with Crippen LogP contribution in [-0.2, 0) is 0 Å². The summed E-state index contributed by atoms with van der Waals surface area (Å²) in [4.78, 5) is 31.7. The van der Waals surface area contributed by atoms with Gasteiger partial charge in [0.05, 0.1) is 33.7 Å². The van der Waals surface area contributed by atoms with Crippen molar-refractivity contribution in [2.24, 2.45) is 0 Å². The summed E-state index contributed by atoms with van der Waals surface area (Å²) in [5, 5.41) is 26.0. The second-order valence-corrected chi connectivity index (χ2v) is 7.29. The lowest BCUT2D eigenvalue weighted by molar-refractivity contribution is -0.385. The largest absolute Gasteiger partial charge is 0.368 e. The number of anilines is 2. The lowest BCUT2D eigenvalue weighted by Crippen LogP contribution is -2.16. The van der Waals surface area contributed by atoms with Crippen molar-refractivity contribution in [1.29, 1.82) is 5.26 Å². The topological polar surface area (TPSA) is 158 Å². The van der Waals surface area contributed by atoms with E-state index in [0.717, 1.165) is 16.1 Å². The van der Waals surface area contributed by atoms with E-state index in [-0.39, 0.29) is 5.69 Å². The number of nitriles is 1. The number of pyridine rings is 1. The second kappa shape index (κ2) is 8.97. The van der Waals surface area contributed by atoms with Crippen LogP contribution >= 0.6 is 11.3 Å². The first-order chi connectivity index (χ1) is 15.1. The molecule has 0 saturated heterocycles. The minimum absolute atomic E-state index is 0.0601. The third-order valence-corrected chi connectivity index (χ3v) is 5.20. The van der Waals surface area contributed by atoms with Gasteiger partial charge in [-0.1, -0.05) is 0 Å². The zero-order valence-electron chi connectivity index (χ0n) is 15.9. The van der Waals surface area contributed by atoms with E-state index in [2.05, 4.69) is 41.6 Å². The SMILES string of the molecule is N#Cc1ccc(-c2nc(NCCNc3ccc([N+](=O)[O-])cn3)ncc2-c2cnc[nH]2)s1. The molecule has 0 aliphatic heterocycles. The summed E-state index contributed by atoms with van der Waals surface area (Å²) in [5.41, 5.74) is 2.19. The van der Waals surface area contributed by atoms with E-state index in [1.165, 1.54) is 23.6 Å².